The third-order valence-corrected chi connectivity index (χ3v) is 5.66. The first-order valence-electron chi connectivity index (χ1n) is 8.99. The van der Waals surface area contributed by atoms with Crippen molar-refractivity contribution >= 4 is 40.2 Å². The van der Waals surface area contributed by atoms with Crippen LogP contribution in [0.25, 0.3) is 0 Å². The minimum Gasteiger partial charge on any atom is -0.358 e. The van der Waals surface area contributed by atoms with E-state index in [-0.39, 0.29) is 49.6 Å². The van der Waals surface area contributed by atoms with Gasteiger partial charge in [-0.15, -0.1) is 0 Å². The van der Waals surface area contributed by atoms with Crippen molar-refractivity contribution in [1.29, 1.82) is 0 Å². The number of hydrogen-bond acceptors (Lipinski definition) is 9. The van der Waals surface area contributed by atoms with Crippen LogP contribution in [0.15, 0.2) is 16.8 Å². The Morgan fingerprint density at radius 1 is 1.26 bits per heavy atom. The van der Waals surface area contributed by atoms with Gasteiger partial charge in [0.25, 0.3) is 0 Å². The smallest absolute Gasteiger partial charge is 0.358 e. The zero-order chi connectivity index (χ0) is 22.5. The van der Waals surface area contributed by atoms with E-state index in [1.807, 2.05) is 13.8 Å². The number of halogens is 1. The fraction of sp³-hybridized carbons (Fsp3) is 0.375. The molecule has 3 aromatic heterocycles. The Labute approximate surface area is 188 Å². The van der Waals surface area contributed by atoms with Crippen LogP contribution in [0.4, 0.5) is 5.82 Å². The van der Waals surface area contributed by atoms with Gasteiger partial charge in [0.05, 0.1) is 26.6 Å². The van der Waals surface area contributed by atoms with Crippen molar-refractivity contribution in [3.63, 3.8) is 0 Å². The van der Waals surface area contributed by atoms with E-state index in [9.17, 15) is 19.7 Å². The Balaban J connectivity index is 1.42. The fourth-order valence-corrected chi connectivity index (χ4v) is 2.95. The second-order valence-electron chi connectivity index (χ2n) is 6.39. The van der Waals surface area contributed by atoms with Gasteiger partial charge in [-0.3, -0.25) is 14.3 Å². The molecule has 3 heterocycles. The van der Waals surface area contributed by atoms with Crippen LogP contribution in [0, 0.1) is 27.5 Å². The summed E-state index contributed by atoms with van der Waals surface area (Å²) in [6.07, 6.45) is 1.39. The van der Waals surface area contributed by atoms with Crippen LogP contribution in [-0.4, -0.2) is 59.5 Å². The highest BCUT2D eigenvalue weighted by molar-refractivity contribution is 14.1. The molecule has 2 amide bonds. The maximum absolute atomic E-state index is 12.1. The molecule has 0 spiro atoms. The van der Waals surface area contributed by atoms with Crippen LogP contribution in [0.3, 0.4) is 0 Å². The summed E-state index contributed by atoms with van der Waals surface area (Å²) in [5, 5.41) is 27.6. The van der Waals surface area contributed by atoms with Crippen LogP contribution in [0.5, 0.6) is 0 Å². The van der Waals surface area contributed by atoms with Gasteiger partial charge >= 0.3 is 17.6 Å². The van der Waals surface area contributed by atoms with Crippen LogP contribution in [0.2, 0.25) is 0 Å². The van der Waals surface area contributed by atoms with Gasteiger partial charge in [-0.05, 0) is 41.4 Å². The van der Waals surface area contributed by atoms with Gasteiger partial charge in [-0.1, -0.05) is 5.16 Å². The molecule has 0 bridgehead atoms. The third kappa shape index (κ3) is 5.62. The van der Waals surface area contributed by atoms with Crippen LogP contribution in [-0.2, 0) is 17.9 Å². The molecule has 3 rings (SSSR count). The standard InChI is InChI=1S/C16H18IN9O5/c1-9-14(17)10(2)25(21-9)8-13(27)18-4-5-19-15(28)16-20-11(23-31-16)7-24-6-3-12(22-24)26(29)30/h3,6H,4-5,7-8H2,1-2H3,(H,18,27)(H,19,28). The molecule has 0 unspecified atom stereocenters. The number of carbonyl (C=O) groups excluding carboxylic acids is 2. The Morgan fingerprint density at radius 2 is 2.00 bits per heavy atom. The number of rotatable bonds is 9. The summed E-state index contributed by atoms with van der Waals surface area (Å²) in [6.45, 7) is 4.22. The van der Waals surface area contributed by atoms with Crippen LogP contribution < -0.4 is 10.6 Å². The first-order chi connectivity index (χ1) is 14.7. The monoisotopic (exact) mass is 543 g/mol. The lowest BCUT2D eigenvalue weighted by Crippen LogP contribution is -2.36. The van der Waals surface area contributed by atoms with E-state index >= 15 is 0 Å². The third-order valence-electron chi connectivity index (χ3n) is 4.10. The lowest BCUT2D eigenvalue weighted by atomic mass is 10.4. The lowest BCUT2D eigenvalue weighted by Gasteiger charge is -2.07. The van der Waals surface area contributed by atoms with Crippen LogP contribution >= 0.6 is 22.6 Å². The van der Waals surface area contributed by atoms with Crippen molar-refractivity contribution in [1.82, 2.24) is 40.3 Å². The Morgan fingerprint density at radius 3 is 2.65 bits per heavy atom. The average Bonchev–Trinajstić information content (AvgIpc) is 3.44. The summed E-state index contributed by atoms with van der Waals surface area (Å²) in [6, 6.07) is 1.23. The van der Waals surface area contributed by atoms with E-state index in [0.29, 0.717) is 0 Å². The molecule has 0 aliphatic carbocycles. The highest BCUT2D eigenvalue weighted by Crippen LogP contribution is 2.14. The van der Waals surface area contributed by atoms with Crippen molar-refractivity contribution in [2.75, 3.05) is 13.1 Å². The molecular formula is C16H18IN9O5. The largest absolute Gasteiger partial charge is 0.389 e. The molecule has 0 atom stereocenters. The van der Waals surface area contributed by atoms with Gasteiger partial charge < -0.3 is 25.3 Å². The minimum absolute atomic E-state index is 0.00589. The molecule has 3 aromatic rings. The Bertz CT molecular complexity index is 1120. The average molecular weight is 543 g/mol. The number of aryl methyl sites for hydroxylation is 1. The number of nitro groups is 1. The van der Waals surface area contributed by atoms with E-state index < -0.39 is 10.8 Å². The minimum atomic E-state index is -0.623. The molecule has 0 saturated carbocycles. The Kier molecular flexibility index (Phi) is 6.93. The number of nitrogens with one attached hydrogen (secondary N) is 2. The van der Waals surface area contributed by atoms with Gasteiger partial charge in [0.15, 0.2) is 5.82 Å². The van der Waals surface area contributed by atoms with Gasteiger partial charge in [0, 0.05) is 18.8 Å². The second kappa shape index (κ2) is 9.63. The first kappa shape index (κ1) is 22.3. The number of hydrogen-bond donors (Lipinski definition) is 2. The summed E-state index contributed by atoms with van der Waals surface area (Å²) < 4.78 is 8.78. The van der Waals surface area contributed by atoms with Gasteiger partial charge in [-0.2, -0.15) is 14.8 Å². The quantitative estimate of drug-likeness (QED) is 0.165. The molecule has 15 heteroatoms. The predicted molar refractivity (Wildman–Crippen MR) is 112 cm³/mol. The molecule has 0 saturated heterocycles. The molecule has 0 aliphatic heterocycles. The first-order valence-corrected chi connectivity index (χ1v) is 10.1. The molecule has 0 aliphatic rings. The molecule has 14 nitrogen and oxygen atoms in total. The molecule has 0 fully saturated rings. The SMILES string of the molecule is Cc1nn(CC(=O)NCCNC(=O)c2nc(Cn3ccc([N+](=O)[O-])n3)no2)c(C)c1I. The lowest BCUT2D eigenvalue weighted by molar-refractivity contribution is -0.389. The normalized spacial score (nSPS) is 10.8. The summed E-state index contributed by atoms with van der Waals surface area (Å²) >= 11 is 2.18. The second-order valence-corrected chi connectivity index (χ2v) is 7.47. The fourth-order valence-electron chi connectivity index (χ4n) is 2.57. The zero-order valence-corrected chi connectivity index (χ0v) is 18.7. The molecule has 31 heavy (non-hydrogen) atoms. The summed E-state index contributed by atoms with van der Waals surface area (Å²) in [5.41, 5.74) is 1.78. The molecule has 0 aromatic carbocycles. The van der Waals surface area contributed by atoms with Crippen molar-refractivity contribution in [3.05, 3.63) is 49.1 Å². The van der Waals surface area contributed by atoms with Crippen molar-refractivity contribution in [2.24, 2.45) is 0 Å². The van der Waals surface area contributed by atoms with Gasteiger partial charge in [-0.25, -0.2) is 0 Å². The van der Waals surface area contributed by atoms with Gasteiger partial charge in [0.2, 0.25) is 5.91 Å². The van der Waals surface area contributed by atoms with Gasteiger partial charge in [0.1, 0.15) is 13.1 Å². The van der Waals surface area contributed by atoms with Crippen molar-refractivity contribution in [2.45, 2.75) is 26.9 Å². The number of aromatic nitrogens is 6. The summed E-state index contributed by atoms with van der Waals surface area (Å²) in [4.78, 5) is 38.1. The maximum Gasteiger partial charge on any atom is 0.389 e. The number of carbonyl (C=O) groups is 2. The summed E-state index contributed by atoms with van der Waals surface area (Å²) in [5.74, 6) is -1.27. The number of nitrogens with zero attached hydrogens (tertiary/aromatic N) is 7. The number of amides is 2. The van der Waals surface area contributed by atoms with E-state index in [1.54, 1.807) is 4.68 Å². The van der Waals surface area contributed by atoms with E-state index in [0.717, 1.165) is 15.0 Å². The topological polar surface area (TPSA) is 176 Å². The molecule has 0 radical (unpaired) electrons. The van der Waals surface area contributed by atoms with Crippen molar-refractivity contribution < 1.29 is 19.0 Å². The Hall–Kier alpha value is -3.37. The van der Waals surface area contributed by atoms with E-state index in [1.165, 1.54) is 16.9 Å². The summed E-state index contributed by atoms with van der Waals surface area (Å²) in [7, 11) is 0. The predicted octanol–water partition coefficient (Wildman–Crippen LogP) is 0.187. The van der Waals surface area contributed by atoms with Crippen LogP contribution in [0.1, 0.15) is 27.9 Å². The van der Waals surface area contributed by atoms with E-state index in [4.69, 9.17) is 4.52 Å². The maximum atomic E-state index is 12.1. The molecular weight excluding hydrogens is 525 g/mol. The molecule has 164 valence electrons. The highest BCUT2D eigenvalue weighted by Gasteiger charge is 2.18. The highest BCUT2D eigenvalue weighted by atomic mass is 127. The molecule has 2 N–H and O–H groups in total. The van der Waals surface area contributed by atoms with E-state index in [2.05, 4.69) is 53.6 Å². The zero-order valence-electron chi connectivity index (χ0n) is 16.5. The van der Waals surface area contributed by atoms with Crippen molar-refractivity contribution in [3.8, 4) is 0 Å².